The van der Waals surface area contributed by atoms with Crippen LogP contribution >= 0.6 is 0 Å². The van der Waals surface area contributed by atoms with Gasteiger partial charge in [-0.05, 0) is 24.1 Å². The average Bonchev–Trinajstić information content (AvgIpc) is 2.75. The van der Waals surface area contributed by atoms with Crippen LogP contribution < -0.4 is 4.74 Å². The van der Waals surface area contributed by atoms with Gasteiger partial charge in [-0.3, -0.25) is 4.90 Å². The van der Waals surface area contributed by atoms with E-state index >= 15 is 0 Å². The molecule has 0 saturated carbocycles. The zero-order valence-electron chi connectivity index (χ0n) is 16.7. The first-order valence-electron chi connectivity index (χ1n) is 9.78. The molecular formula is C22H27FN2O5. The molecule has 1 saturated heterocycles. The molecule has 0 bridgehead atoms. The van der Waals surface area contributed by atoms with Crippen molar-refractivity contribution in [3.63, 3.8) is 0 Å². The molecule has 2 aromatic rings. The van der Waals surface area contributed by atoms with Gasteiger partial charge in [-0.2, -0.15) is 0 Å². The summed E-state index contributed by atoms with van der Waals surface area (Å²) in [5, 5.41) is 14.8. The molecule has 2 N–H and O–H groups in total. The van der Waals surface area contributed by atoms with Gasteiger partial charge in [-0.1, -0.05) is 42.5 Å². The van der Waals surface area contributed by atoms with E-state index in [4.69, 9.17) is 24.5 Å². The predicted octanol–water partition coefficient (Wildman–Crippen LogP) is 2.57. The summed E-state index contributed by atoms with van der Waals surface area (Å²) in [6, 6.07) is 17.2. The minimum Gasteiger partial charge on any atom is -0.490 e. The average molecular weight is 418 g/mol. The van der Waals surface area contributed by atoms with E-state index in [1.165, 1.54) is 11.6 Å². The third-order valence-electron chi connectivity index (χ3n) is 4.61. The first-order valence-corrected chi connectivity index (χ1v) is 9.78. The van der Waals surface area contributed by atoms with Crippen molar-refractivity contribution in [2.75, 3.05) is 39.3 Å². The van der Waals surface area contributed by atoms with Crippen LogP contribution in [0.5, 0.6) is 5.75 Å². The third kappa shape index (κ3) is 8.59. The lowest BCUT2D eigenvalue weighted by Gasteiger charge is -2.34. The second-order valence-electron chi connectivity index (χ2n) is 6.85. The van der Waals surface area contributed by atoms with Gasteiger partial charge in [-0.15, -0.1) is 0 Å². The minimum atomic E-state index is -1.82. The van der Waals surface area contributed by atoms with Crippen molar-refractivity contribution >= 4 is 11.9 Å². The van der Waals surface area contributed by atoms with Gasteiger partial charge >= 0.3 is 11.9 Å². The van der Waals surface area contributed by atoms with Crippen molar-refractivity contribution in [2.24, 2.45) is 0 Å². The molecule has 0 unspecified atom stereocenters. The number of ether oxygens (including phenoxy) is 1. The van der Waals surface area contributed by atoms with Gasteiger partial charge in [0.2, 0.25) is 0 Å². The molecule has 30 heavy (non-hydrogen) atoms. The Morgan fingerprint density at radius 2 is 1.43 bits per heavy atom. The highest BCUT2D eigenvalue weighted by Gasteiger charge is 2.16. The number of carboxylic acids is 2. The van der Waals surface area contributed by atoms with E-state index < -0.39 is 11.9 Å². The van der Waals surface area contributed by atoms with Crippen molar-refractivity contribution in [3.8, 4) is 5.75 Å². The number of hydrogen-bond acceptors (Lipinski definition) is 5. The topological polar surface area (TPSA) is 90.3 Å². The highest BCUT2D eigenvalue weighted by Crippen LogP contribution is 2.15. The normalized spacial score (nSPS) is 14.4. The van der Waals surface area contributed by atoms with Gasteiger partial charge in [0.25, 0.3) is 0 Å². The minimum absolute atomic E-state index is 0.285. The lowest BCUT2D eigenvalue weighted by molar-refractivity contribution is -0.159. The van der Waals surface area contributed by atoms with E-state index in [0.29, 0.717) is 12.4 Å². The van der Waals surface area contributed by atoms with Gasteiger partial charge in [0.1, 0.15) is 0 Å². The predicted molar refractivity (Wildman–Crippen MR) is 110 cm³/mol. The Hall–Kier alpha value is -2.97. The van der Waals surface area contributed by atoms with Gasteiger partial charge in [-0.25, -0.2) is 14.0 Å². The van der Waals surface area contributed by atoms with Crippen molar-refractivity contribution in [3.05, 3.63) is 66.0 Å². The van der Waals surface area contributed by atoms with Crippen molar-refractivity contribution in [1.29, 1.82) is 0 Å². The smallest absolute Gasteiger partial charge is 0.414 e. The number of piperazine rings is 1. The summed E-state index contributed by atoms with van der Waals surface area (Å²) in [6.45, 7) is 6.98. The molecule has 0 spiro atoms. The number of halogens is 1. The van der Waals surface area contributed by atoms with Crippen LogP contribution in [0, 0.1) is 5.82 Å². The zero-order chi connectivity index (χ0) is 21.8. The van der Waals surface area contributed by atoms with E-state index in [2.05, 4.69) is 40.1 Å². The Kier molecular flexibility index (Phi) is 9.76. The first-order chi connectivity index (χ1) is 14.5. The molecule has 0 aliphatic carbocycles. The van der Waals surface area contributed by atoms with Crippen LogP contribution in [0.15, 0.2) is 54.6 Å². The van der Waals surface area contributed by atoms with Crippen LogP contribution in [0.4, 0.5) is 4.39 Å². The molecule has 8 heteroatoms. The van der Waals surface area contributed by atoms with Gasteiger partial charge in [0.15, 0.2) is 11.6 Å². The standard InChI is InChI=1S/C20H25FN2O.C2H2O4/c21-19-9-4-5-10-20(19)24-16-6-11-22-12-14-23(15-13-22)17-18-7-2-1-3-8-18;3-1(4)2(5)6/h1-5,7-10H,6,11-17H2;(H,3,4)(H,5,6). The Morgan fingerprint density at radius 3 is 2.03 bits per heavy atom. The molecule has 1 aliphatic rings. The Morgan fingerprint density at radius 1 is 0.867 bits per heavy atom. The van der Waals surface area contributed by atoms with E-state index in [-0.39, 0.29) is 5.82 Å². The van der Waals surface area contributed by atoms with E-state index in [1.54, 1.807) is 18.2 Å². The summed E-state index contributed by atoms with van der Waals surface area (Å²) in [5.74, 6) is -3.58. The van der Waals surface area contributed by atoms with E-state index in [0.717, 1.165) is 45.7 Å². The molecule has 0 atom stereocenters. The number of hydrogen-bond donors (Lipinski definition) is 2. The quantitative estimate of drug-likeness (QED) is 0.528. The van der Waals surface area contributed by atoms with Crippen LogP contribution in [0.25, 0.3) is 0 Å². The monoisotopic (exact) mass is 418 g/mol. The zero-order valence-corrected chi connectivity index (χ0v) is 16.7. The summed E-state index contributed by atoms with van der Waals surface area (Å²) in [7, 11) is 0. The van der Waals surface area contributed by atoms with Gasteiger partial charge < -0.3 is 19.8 Å². The number of benzene rings is 2. The summed E-state index contributed by atoms with van der Waals surface area (Å²) < 4.78 is 19.0. The van der Waals surface area contributed by atoms with Crippen LogP contribution in [-0.2, 0) is 16.1 Å². The van der Waals surface area contributed by atoms with Crippen molar-refractivity contribution in [1.82, 2.24) is 9.80 Å². The van der Waals surface area contributed by atoms with Crippen molar-refractivity contribution in [2.45, 2.75) is 13.0 Å². The number of rotatable bonds is 7. The number of para-hydroxylation sites is 1. The maximum atomic E-state index is 13.5. The van der Waals surface area contributed by atoms with Crippen LogP contribution in [0.1, 0.15) is 12.0 Å². The van der Waals surface area contributed by atoms with Crippen LogP contribution in [-0.4, -0.2) is 71.3 Å². The van der Waals surface area contributed by atoms with Gasteiger partial charge in [0, 0.05) is 39.3 Å². The second-order valence-corrected chi connectivity index (χ2v) is 6.85. The summed E-state index contributed by atoms with van der Waals surface area (Å²) in [4.78, 5) is 23.2. The maximum Gasteiger partial charge on any atom is 0.414 e. The summed E-state index contributed by atoms with van der Waals surface area (Å²) >= 11 is 0. The van der Waals surface area contributed by atoms with Gasteiger partial charge in [0.05, 0.1) is 6.61 Å². The highest BCUT2D eigenvalue weighted by molar-refractivity contribution is 6.27. The second kappa shape index (κ2) is 12.6. The highest BCUT2D eigenvalue weighted by atomic mass is 19.1. The largest absolute Gasteiger partial charge is 0.490 e. The Balaban J connectivity index is 0.000000469. The third-order valence-corrected chi connectivity index (χ3v) is 4.61. The fourth-order valence-electron chi connectivity index (χ4n) is 3.04. The Labute approximate surface area is 175 Å². The van der Waals surface area contributed by atoms with Crippen molar-refractivity contribution < 1.29 is 28.9 Å². The fourth-order valence-corrected chi connectivity index (χ4v) is 3.04. The molecule has 2 aromatic carbocycles. The van der Waals surface area contributed by atoms with E-state index in [9.17, 15) is 4.39 Å². The fraction of sp³-hybridized carbons (Fsp3) is 0.364. The van der Waals surface area contributed by atoms with Crippen LogP contribution in [0.2, 0.25) is 0 Å². The number of carbonyl (C=O) groups is 2. The number of aliphatic carboxylic acids is 2. The Bertz CT molecular complexity index is 783. The maximum absolute atomic E-state index is 13.5. The lowest BCUT2D eigenvalue weighted by atomic mass is 10.2. The lowest BCUT2D eigenvalue weighted by Crippen LogP contribution is -2.46. The number of nitrogens with zero attached hydrogens (tertiary/aromatic N) is 2. The molecule has 0 aromatic heterocycles. The van der Waals surface area contributed by atoms with E-state index in [1.807, 2.05) is 0 Å². The SMILES string of the molecule is Fc1ccccc1OCCCN1CCN(Cc2ccccc2)CC1.O=C(O)C(=O)O. The first kappa shape index (κ1) is 23.3. The molecular weight excluding hydrogens is 391 g/mol. The molecule has 0 radical (unpaired) electrons. The molecule has 0 amide bonds. The summed E-state index contributed by atoms with van der Waals surface area (Å²) in [5.41, 5.74) is 1.38. The number of carboxylic acid groups (broad SMARTS) is 2. The summed E-state index contributed by atoms with van der Waals surface area (Å²) in [6.07, 6.45) is 0.924. The molecule has 3 rings (SSSR count). The molecule has 162 valence electrons. The molecule has 1 aliphatic heterocycles. The molecule has 1 fully saturated rings. The molecule has 7 nitrogen and oxygen atoms in total. The molecule has 1 heterocycles. The van der Waals surface area contributed by atoms with Crippen LogP contribution in [0.3, 0.4) is 0 Å².